The van der Waals surface area contributed by atoms with E-state index in [-0.39, 0.29) is 25.0 Å². The third-order valence-corrected chi connectivity index (χ3v) is 8.60. The van der Waals surface area contributed by atoms with E-state index in [1.165, 1.54) is 8.61 Å². The van der Waals surface area contributed by atoms with Gasteiger partial charge < -0.3 is 20.4 Å². The van der Waals surface area contributed by atoms with Crippen molar-refractivity contribution >= 4 is 39.6 Å². The highest BCUT2D eigenvalue weighted by Crippen LogP contribution is 2.27. The average Bonchev–Trinajstić information content (AvgIpc) is 3.33. The smallest absolute Gasteiger partial charge is 0.293 e. The number of carbonyl (C=O) groups is 1. The molecule has 0 radical (unpaired) electrons. The Hall–Kier alpha value is -2.14. The van der Waals surface area contributed by atoms with Crippen molar-refractivity contribution in [2.45, 2.75) is 45.6 Å². The van der Waals surface area contributed by atoms with Crippen molar-refractivity contribution in [3.05, 3.63) is 40.7 Å². The van der Waals surface area contributed by atoms with Crippen LogP contribution in [0.15, 0.2) is 35.7 Å². The van der Waals surface area contributed by atoms with Gasteiger partial charge in [-0.3, -0.25) is 4.79 Å². The highest BCUT2D eigenvalue weighted by molar-refractivity contribution is 7.86. The van der Waals surface area contributed by atoms with Crippen LogP contribution in [0.5, 0.6) is 0 Å². The van der Waals surface area contributed by atoms with E-state index >= 15 is 0 Å². The standard InChI is InChI=1S/C23H34ClN5O4S/c1-3-28(4-2)34(31,32)29-14-12-27(13-15-29)21(17-25)22(33-20-10-5-6-11-20)23(30)26-19-9-7-8-18(24)16-19/h7-9,16-17,20,25H,3-6,10-15H2,1-2H3,(H,26,30)/b22-21-,25-17?. The van der Waals surface area contributed by atoms with Gasteiger partial charge in [-0.25, -0.2) is 0 Å². The summed E-state index contributed by atoms with van der Waals surface area (Å²) in [6.07, 6.45) is 4.82. The zero-order valence-corrected chi connectivity index (χ0v) is 21.4. The molecule has 0 bridgehead atoms. The second-order valence-electron chi connectivity index (χ2n) is 8.33. The van der Waals surface area contributed by atoms with E-state index in [0.717, 1.165) is 31.9 Å². The fourth-order valence-corrected chi connectivity index (χ4v) is 6.12. The summed E-state index contributed by atoms with van der Waals surface area (Å²) in [5, 5.41) is 11.4. The first-order chi connectivity index (χ1) is 16.3. The first-order valence-electron chi connectivity index (χ1n) is 11.8. The van der Waals surface area contributed by atoms with Crippen molar-refractivity contribution in [1.82, 2.24) is 13.5 Å². The van der Waals surface area contributed by atoms with Crippen LogP contribution in [0.4, 0.5) is 5.69 Å². The molecule has 3 rings (SSSR count). The summed E-state index contributed by atoms with van der Waals surface area (Å²) in [4.78, 5) is 15.1. The number of amides is 1. The molecule has 2 aliphatic rings. The second-order valence-corrected chi connectivity index (χ2v) is 10.7. The fourth-order valence-electron chi connectivity index (χ4n) is 4.33. The summed E-state index contributed by atoms with van der Waals surface area (Å²) in [7, 11) is -3.54. The maximum absolute atomic E-state index is 13.3. The van der Waals surface area contributed by atoms with Crippen LogP contribution in [0.2, 0.25) is 5.02 Å². The Labute approximate surface area is 207 Å². The van der Waals surface area contributed by atoms with Gasteiger partial charge in [-0.05, 0) is 43.9 Å². The number of rotatable bonds is 10. The summed E-state index contributed by atoms with van der Waals surface area (Å²) < 4.78 is 34.8. The topological polar surface area (TPSA) is 106 Å². The molecule has 34 heavy (non-hydrogen) atoms. The molecule has 0 unspecified atom stereocenters. The maximum atomic E-state index is 13.3. The molecule has 1 amide bonds. The number of allylic oxidation sites excluding steroid dienone is 1. The lowest BCUT2D eigenvalue weighted by atomic mass is 10.2. The molecule has 1 saturated carbocycles. The predicted molar refractivity (Wildman–Crippen MR) is 134 cm³/mol. The molecular weight excluding hydrogens is 478 g/mol. The zero-order valence-electron chi connectivity index (χ0n) is 19.8. The number of anilines is 1. The first kappa shape index (κ1) is 26.5. The van der Waals surface area contributed by atoms with Crippen molar-refractivity contribution in [2.75, 3.05) is 44.6 Å². The van der Waals surface area contributed by atoms with Crippen molar-refractivity contribution in [2.24, 2.45) is 0 Å². The van der Waals surface area contributed by atoms with Gasteiger partial charge >= 0.3 is 0 Å². The quantitative estimate of drug-likeness (QED) is 0.285. The molecular formula is C23H34ClN5O4S. The van der Waals surface area contributed by atoms with Gasteiger partial charge in [0.25, 0.3) is 16.1 Å². The van der Waals surface area contributed by atoms with Gasteiger partial charge in [-0.15, -0.1) is 0 Å². The van der Waals surface area contributed by atoms with E-state index in [1.807, 2.05) is 18.7 Å². The monoisotopic (exact) mass is 511 g/mol. The summed E-state index contributed by atoms with van der Waals surface area (Å²) in [6.45, 7) is 5.70. The highest BCUT2D eigenvalue weighted by atomic mass is 35.5. The van der Waals surface area contributed by atoms with Gasteiger partial charge in [0.15, 0.2) is 0 Å². The third-order valence-electron chi connectivity index (χ3n) is 6.18. The summed E-state index contributed by atoms with van der Waals surface area (Å²) in [6, 6.07) is 6.84. The lowest BCUT2D eigenvalue weighted by Gasteiger charge is -2.38. The van der Waals surface area contributed by atoms with Crippen LogP contribution in [-0.2, 0) is 19.7 Å². The molecule has 1 aliphatic carbocycles. The largest absolute Gasteiger partial charge is 0.483 e. The summed E-state index contributed by atoms with van der Waals surface area (Å²) >= 11 is 6.05. The molecule has 1 aliphatic heterocycles. The minimum Gasteiger partial charge on any atom is -0.483 e. The van der Waals surface area contributed by atoms with E-state index in [9.17, 15) is 13.2 Å². The molecule has 2 N–H and O–H groups in total. The van der Waals surface area contributed by atoms with Crippen LogP contribution in [0.1, 0.15) is 39.5 Å². The normalized spacial score (nSPS) is 18.6. The molecule has 188 valence electrons. The fraction of sp³-hybridized carbons (Fsp3) is 0.565. The Balaban J connectivity index is 1.82. The molecule has 1 heterocycles. The van der Waals surface area contributed by atoms with Crippen molar-refractivity contribution in [3.63, 3.8) is 0 Å². The maximum Gasteiger partial charge on any atom is 0.293 e. The number of nitrogens with zero attached hydrogens (tertiary/aromatic N) is 3. The lowest BCUT2D eigenvalue weighted by molar-refractivity contribution is -0.117. The Kier molecular flexibility index (Phi) is 9.35. The van der Waals surface area contributed by atoms with Gasteiger partial charge in [-0.2, -0.15) is 17.0 Å². The number of piperazine rings is 1. The number of carbonyl (C=O) groups excluding carboxylic acids is 1. The van der Waals surface area contributed by atoms with E-state index in [2.05, 4.69) is 5.32 Å². The Morgan fingerprint density at radius 3 is 2.41 bits per heavy atom. The van der Waals surface area contributed by atoms with Gasteiger partial charge in [0.05, 0.1) is 6.10 Å². The number of ether oxygens (including phenoxy) is 1. The number of hydrogen-bond acceptors (Lipinski definition) is 6. The number of hydrogen-bond donors (Lipinski definition) is 2. The summed E-state index contributed by atoms with van der Waals surface area (Å²) in [5.74, 6) is -0.368. The van der Waals surface area contributed by atoms with Gasteiger partial charge in [0, 0.05) is 56.2 Å². The molecule has 1 aromatic carbocycles. The number of halogens is 1. The summed E-state index contributed by atoms with van der Waals surface area (Å²) in [5.41, 5.74) is 0.885. The van der Waals surface area contributed by atoms with Crippen LogP contribution >= 0.6 is 11.6 Å². The minimum absolute atomic E-state index is 0.0839. The highest BCUT2D eigenvalue weighted by Gasteiger charge is 2.33. The molecule has 11 heteroatoms. The van der Waals surface area contributed by atoms with E-state index in [4.69, 9.17) is 21.7 Å². The number of benzene rings is 1. The minimum atomic E-state index is -3.54. The van der Waals surface area contributed by atoms with Gasteiger partial charge in [-0.1, -0.05) is 31.5 Å². The van der Waals surface area contributed by atoms with E-state index in [1.54, 1.807) is 24.3 Å². The third kappa shape index (κ3) is 6.29. The molecule has 0 spiro atoms. The SMILES string of the molecule is CCN(CC)S(=O)(=O)N1CCN(/C(C=N)=C(\OC2CCCC2)C(=O)Nc2cccc(Cl)c2)CC1. The Morgan fingerprint density at radius 1 is 1.21 bits per heavy atom. The van der Waals surface area contributed by atoms with Gasteiger partial charge in [0.2, 0.25) is 5.76 Å². The van der Waals surface area contributed by atoms with Crippen LogP contribution < -0.4 is 5.32 Å². The predicted octanol–water partition coefficient (Wildman–Crippen LogP) is 3.30. The number of nitrogens with one attached hydrogen (secondary N) is 2. The average molecular weight is 512 g/mol. The van der Waals surface area contributed by atoms with Crippen molar-refractivity contribution in [3.8, 4) is 0 Å². The van der Waals surface area contributed by atoms with Crippen molar-refractivity contribution in [1.29, 1.82) is 5.41 Å². The molecule has 1 aromatic rings. The van der Waals surface area contributed by atoms with Crippen molar-refractivity contribution < 1.29 is 17.9 Å². The zero-order chi connectivity index (χ0) is 24.7. The first-order valence-corrected chi connectivity index (χ1v) is 13.6. The Morgan fingerprint density at radius 2 is 1.85 bits per heavy atom. The van der Waals surface area contributed by atoms with Gasteiger partial charge in [0.1, 0.15) is 5.70 Å². The van der Waals surface area contributed by atoms with Crippen LogP contribution in [0, 0.1) is 5.41 Å². The molecule has 2 fully saturated rings. The molecule has 0 aromatic heterocycles. The molecule has 0 atom stereocenters. The van der Waals surface area contributed by atoms with E-state index in [0.29, 0.717) is 42.6 Å². The van der Waals surface area contributed by atoms with Crippen LogP contribution in [0.3, 0.4) is 0 Å². The van der Waals surface area contributed by atoms with Crippen LogP contribution in [-0.4, -0.2) is 79.4 Å². The molecule has 1 saturated heterocycles. The second kappa shape index (κ2) is 12.0. The Bertz CT molecular complexity index is 998. The van der Waals surface area contributed by atoms with E-state index < -0.39 is 16.1 Å². The van der Waals surface area contributed by atoms with Crippen LogP contribution in [0.25, 0.3) is 0 Å². The molecule has 9 nitrogen and oxygen atoms in total. The lowest BCUT2D eigenvalue weighted by Crippen LogP contribution is -2.53.